The molecule has 0 radical (unpaired) electrons. The molecule has 0 bridgehead atoms. The molecule has 0 unspecified atom stereocenters. The van der Waals surface area contributed by atoms with Crippen LogP contribution in [-0.4, -0.2) is 61.0 Å². The molecule has 1 atom stereocenters. The second kappa shape index (κ2) is 6.79. The van der Waals surface area contributed by atoms with Crippen LogP contribution in [0.25, 0.3) is 0 Å². The van der Waals surface area contributed by atoms with Crippen molar-refractivity contribution in [1.29, 1.82) is 0 Å². The molecule has 3 rings (SSSR count). The van der Waals surface area contributed by atoms with Gasteiger partial charge in [0.1, 0.15) is 0 Å². The number of hydrogen-bond acceptors (Lipinski definition) is 4. The zero-order valence-corrected chi connectivity index (χ0v) is 12.8. The van der Waals surface area contributed by atoms with E-state index >= 15 is 0 Å². The van der Waals surface area contributed by atoms with Gasteiger partial charge in [-0.15, -0.1) is 0 Å². The van der Waals surface area contributed by atoms with Gasteiger partial charge < -0.3 is 9.47 Å². The van der Waals surface area contributed by atoms with Crippen LogP contribution in [0.2, 0.25) is 0 Å². The van der Waals surface area contributed by atoms with Gasteiger partial charge in [0.2, 0.25) is 0 Å². The van der Waals surface area contributed by atoms with Crippen LogP contribution in [0.3, 0.4) is 0 Å². The first kappa shape index (κ1) is 14.2. The van der Waals surface area contributed by atoms with Crippen molar-refractivity contribution in [2.24, 2.45) is 0 Å². The fourth-order valence-electron chi connectivity index (χ4n) is 3.64. The van der Waals surface area contributed by atoms with E-state index in [2.05, 4.69) is 16.7 Å². The molecule has 0 amide bonds. The quantitative estimate of drug-likeness (QED) is 0.791. The minimum Gasteiger partial charge on any atom is -0.379 e. The molecule has 4 heteroatoms. The predicted octanol–water partition coefficient (Wildman–Crippen LogP) is 2.54. The van der Waals surface area contributed by atoms with Crippen LogP contribution in [0.15, 0.2) is 0 Å². The highest BCUT2D eigenvalue weighted by molar-refractivity contribution is 7.99. The van der Waals surface area contributed by atoms with Gasteiger partial charge in [0, 0.05) is 30.7 Å². The van der Waals surface area contributed by atoms with E-state index < -0.39 is 0 Å². The lowest BCUT2D eigenvalue weighted by atomic mass is 9.96. The topological polar surface area (TPSA) is 21.7 Å². The number of nitrogens with zero attached hydrogens (tertiary/aromatic N) is 1. The lowest BCUT2D eigenvalue weighted by Crippen LogP contribution is -2.58. The summed E-state index contributed by atoms with van der Waals surface area (Å²) in [6.07, 6.45) is 8.41. The Kier molecular flexibility index (Phi) is 5.07. The van der Waals surface area contributed by atoms with Crippen LogP contribution in [-0.2, 0) is 9.47 Å². The van der Waals surface area contributed by atoms with Gasteiger partial charge in [0.25, 0.3) is 0 Å². The molecule has 110 valence electrons. The van der Waals surface area contributed by atoms with Crippen LogP contribution in [0.4, 0.5) is 0 Å². The predicted molar refractivity (Wildman–Crippen MR) is 79.9 cm³/mol. The van der Waals surface area contributed by atoms with Gasteiger partial charge in [-0.3, -0.25) is 4.90 Å². The summed E-state index contributed by atoms with van der Waals surface area (Å²) in [6, 6.07) is 0. The van der Waals surface area contributed by atoms with Crippen LogP contribution >= 0.6 is 11.8 Å². The lowest BCUT2D eigenvalue weighted by molar-refractivity contribution is -0.0676. The van der Waals surface area contributed by atoms with Crippen molar-refractivity contribution in [3.05, 3.63) is 0 Å². The third-order valence-electron chi connectivity index (χ3n) is 4.90. The molecule has 3 aliphatic rings. The second-order valence-electron chi connectivity index (χ2n) is 6.20. The van der Waals surface area contributed by atoms with Gasteiger partial charge in [-0.2, -0.15) is 11.8 Å². The summed E-state index contributed by atoms with van der Waals surface area (Å²) in [5.41, 5.74) is 0.214. The van der Waals surface area contributed by atoms with E-state index in [1.807, 2.05) is 0 Å². The Morgan fingerprint density at radius 2 is 1.84 bits per heavy atom. The maximum Gasteiger partial charge on any atom is 0.0701 e. The van der Waals surface area contributed by atoms with E-state index in [1.165, 1.54) is 44.4 Å². The minimum atomic E-state index is 0.214. The normalized spacial score (nSPS) is 34.1. The average Bonchev–Trinajstić information content (AvgIpc) is 2.92. The molecule has 3 nitrogen and oxygen atoms in total. The van der Waals surface area contributed by atoms with E-state index in [0.29, 0.717) is 0 Å². The van der Waals surface area contributed by atoms with Crippen molar-refractivity contribution < 1.29 is 9.47 Å². The van der Waals surface area contributed by atoms with Crippen molar-refractivity contribution in [3.63, 3.8) is 0 Å². The summed E-state index contributed by atoms with van der Waals surface area (Å²) >= 11 is 2.21. The number of hydrogen-bond donors (Lipinski definition) is 0. The Labute approximate surface area is 121 Å². The second-order valence-corrected chi connectivity index (χ2v) is 7.61. The minimum absolute atomic E-state index is 0.214. The first-order valence-corrected chi connectivity index (χ1v) is 8.96. The maximum absolute atomic E-state index is 5.71. The highest BCUT2D eigenvalue weighted by atomic mass is 32.2. The summed E-state index contributed by atoms with van der Waals surface area (Å²) in [5.74, 6) is 1.28. The summed E-state index contributed by atoms with van der Waals surface area (Å²) in [7, 11) is 0. The van der Waals surface area contributed by atoms with Crippen molar-refractivity contribution in [1.82, 2.24) is 4.90 Å². The first-order chi connectivity index (χ1) is 9.39. The average molecular weight is 285 g/mol. The molecule has 19 heavy (non-hydrogen) atoms. The summed E-state index contributed by atoms with van der Waals surface area (Å²) in [4.78, 5) is 2.65. The molecule has 0 N–H and O–H groups in total. The van der Waals surface area contributed by atoms with Crippen LogP contribution < -0.4 is 0 Å². The van der Waals surface area contributed by atoms with Gasteiger partial charge in [-0.1, -0.05) is 19.3 Å². The zero-order chi connectivity index (χ0) is 13.0. The van der Waals surface area contributed by atoms with Gasteiger partial charge in [-0.25, -0.2) is 0 Å². The Balaban J connectivity index is 1.45. The SMILES string of the molecule is C1CCC(SCCN2CCOC[C@@]23CCOC3)CC1. The maximum atomic E-state index is 5.71. The number of ether oxygens (including phenoxy) is 2. The standard InChI is InChI=1S/C15H27NO2S/c1-2-4-14(5-3-1)19-11-8-16-7-10-18-13-15(16)6-9-17-12-15/h14H,1-13H2/t15-/m0/s1. The van der Waals surface area contributed by atoms with Crippen LogP contribution in [0.5, 0.6) is 0 Å². The van der Waals surface area contributed by atoms with Gasteiger partial charge >= 0.3 is 0 Å². The molecule has 2 saturated heterocycles. The molecular weight excluding hydrogens is 258 g/mol. The molecule has 0 aromatic heterocycles. The molecule has 1 aliphatic carbocycles. The fourth-order valence-corrected chi connectivity index (χ4v) is 4.96. The monoisotopic (exact) mass is 285 g/mol. The van der Waals surface area contributed by atoms with E-state index in [1.54, 1.807) is 0 Å². The smallest absolute Gasteiger partial charge is 0.0701 e. The van der Waals surface area contributed by atoms with Gasteiger partial charge in [0.05, 0.1) is 25.4 Å². The first-order valence-electron chi connectivity index (χ1n) is 7.91. The molecule has 0 aromatic rings. The Hall–Kier alpha value is 0.230. The zero-order valence-electron chi connectivity index (χ0n) is 11.9. The lowest BCUT2D eigenvalue weighted by Gasteiger charge is -2.43. The van der Waals surface area contributed by atoms with Gasteiger partial charge in [0.15, 0.2) is 0 Å². The highest BCUT2D eigenvalue weighted by Gasteiger charge is 2.42. The van der Waals surface area contributed by atoms with E-state index in [9.17, 15) is 0 Å². The number of rotatable bonds is 4. The third-order valence-corrected chi connectivity index (χ3v) is 6.26. The Morgan fingerprint density at radius 3 is 2.63 bits per heavy atom. The Morgan fingerprint density at radius 1 is 1.05 bits per heavy atom. The molecule has 3 fully saturated rings. The molecule has 0 aromatic carbocycles. The van der Waals surface area contributed by atoms with E-state index in [4.69, 9.17) is 9.47 Å². The van der Waals surface area contributed by atoms with E-state index in [0.717, 1.165) is 44.6 Å². The molecule has 1 saturated carbocycles. The number of thioether (sulfide) groups is 1. The molecule has 2 heterocycles. The third kappa shape index (κ3) is 3.46. The largest absolute Gasteiger partial charge is 0.379 e. The highest BCUT2D eigenvalue weighted by Crippen LogP contribution is 2.31. The van der Waals surface area contributed by atoms with Crippen molar-refractivity contribution in [2.45, 2.75) is 49.3 Å². The van der Waals surface area contributed by atoms with E-state index in [-0.39, 0.29) is 5.54 Å². The summed E-state index contributed by atoms with van der Waals surface area (Å²) < 4.78 is 11.3. The van der Waals surface area contributed by atoms with Crippen molar-refractivity contribution >= 4 is 11.8 Å². The van der Waals surface area contributed by atoms with Crippen LogP contribution in [0.1, 0.15) is 38.5 Å². The van der Waals surface area contributed by atoms with Crippen molar-refractivity contribution in [2.75, 3.05) is 45.3 Å². The number of morpholine rings is 1. The molecule has 1 spiro atoms. The fraction of sp³-hybridized carbons (Fsp3) is 1.00. The Bertz CT molecular complexity index is 275. The summed E-state index contributed by atoms with van der Waals surface area (Å²) in [5, 5.41) is 0.936. The molecular formula is C15H27NO2S. The summed E-state index contributed by atoms with van der Waals surface area (Å²) in [6.45, 7) is 5.87. The van der Waals surface area contributed by atoms with Crippen LogP contribution in [0, 0.1) is 0 Å². The van der Waals surface area contributed by atoms with Crippen molar-refractivity contribution in [3.8, 4) is 0 Å². The molecule has 2 aliphatic heterocycles. The van der Waals surface area contributed by atoms with Gasteiger partial charge in [-0.05, 0) is 19.3 Å².